The number of carbonyl (C=O) groups excluding carboxylic acids is 1. The Morgan fingerprint density at radius 2 is 1.60 bits per heavy atom. The van der Waals surface area contributed by atoms with E-state index in [2.05, 4.69) is 21.2 Å². The van der Waals surface area contributed by atoms with E-state index >= 15 is 0 Å². The van der Waals surface area contributed by atoms with Crippen LogP contribution in [0, 0.1) is 13.8 Å². The smallest absolute Gasteiger partial charge is 0.243 e. The minimum Gasteiger partial charge on any atom is -0.325 e. The van der Waals surface area contributed by atoms with Gasteiger partial charge in [0.1, 0.15) is 0 Å². The number of carbonyl (C=O) groups is 1. The van der Waals surface area contributed by atoms with Gasteiger partial charge >= 0.3 is 0 Å². The van der Waals surface area contributed by atoms with Crippen LogP contribution in [-0.2, 0) is 21.4 Å². The third-order valence-electron chi connectivity index (χ3n) is 4.76. The quantitative estimate of drug-likeness (QED) is 0.516. The van der Waals surface area contributed by atoms with Gasteiger partial charge in [-0.1, -0.05) is 52.3 Å². The van der Waals surface area contributed by atoms with Crippen LogP contribution >= 0.6 is 15.9 Å². The van der Waals surface area contributed by atoms with E-state index in [1.165, 1.54) is 16.4 Å². The Morgan fingerprint density at radius 1 is 0.933 bits per heavy atom. The zero-order valence-electron chi connectivity index (χ0n) is 16.8. The molecule has 3 aromatic rings. The fourth-order valence-corrected chi connectivity index (χ4v) is 4.60. The highest BCUT2D eigenvalue weighted by molar-refractivity contribution is 9.10. The number of nitrogens with zero attached hydrogens (tertiary/aromatic N) is 1. The Hall–Kier alpha value is -2.48. The van der Waals surface area contributed by atoms with Crippen molar-refractivity contribution in [3.63, 3.8) is 0 Å². The fourth-order valence-electron chi connectivity index (χ4n) is 2.95. The van der Waals surface area contributed by atoms with Crippen LogP contribution in [0.25, 0.3) is 0 Å². The highest BCUT2D eigenvalue weighted by Crippen LogP contribution is 2.21. The van der Waals surface area contributed by atoms with E-state index in [9.17, 15) is 13.2 Å². The number of sulfonamides is 1. The summed E-state index contributed by atoms with van der Waals surface area (Å²) in [6, 6.07) is 21.2. The molecule has 0 spiro atoms. The van der Waals surface area contributed by atoms with E-state index in [4.69, 9.17) is 0 Å². The normalized spacial score (nSPS) is 11.5. The molecule has 0 fully saturated rings. The lowest BCUT2D eigenvalue weighted by molar-refractivity contribution is -0.116. The summed E-state index contributed by atoms with van der Waals surface area (Å²) >= 11 is 3.32. The number of nitrogens with one attached hydrogen (secondary N) is 1. The second-order valence-corrected chi connectivity index (χ2v) is 9.91. The van der Waals surface area contributed by atoms with Gasteiger partial charge < -0.3 is 5.32 Å². The zero-order valence-corrected chi connectivity index (χ0v) is 19.2. The van der Waals surface area contributed by atoms with Gasteiger partial charge in [-0.15, -0.1) is 0 Å². The second-order valence-electron chi connectivity index (χ2n) is 7.06. The topological polar surface area (TPSA) is 66.5 Å². The van der Waals surface area contributed by atoms with Crippen molar-refractivity contribution in [3.8, 4) is 0 Å². The lowest BCUT2D eigenvalue weighted by atomic mass is 10.1. The third kappa shape index (κ3) is 5.56. The first kappa shape index (κ1) is 22.2. The van der Waals surface area contributed by atoms with Crippen molar-refractivity contribution < 1.29 is 13.2 Å². The van der Waals surface area contributed by atoms with Crippen LogP contribution in [-0.4, -0.2) is 25.2 Å². The summed E-state index contributed by atoms with van der Waals surface area (Å²) in [4.78, 5) is 12.9. The first-order valence-electron chi connectivity index (χ1n) is 9.42. The van der Waals surface area contributed by atoms with E-state index in [0.29, 0.717) is 5.69 Å². The maximum Gasteiger partial charge on any atom is 0.243 e. The molecule has 0 atom stereocenters. The van der Waals surface area contributed by atoms with Crippen LogP contribution in [0.4, 0.5) is 5.69 Å². The minimum absolute atomic E-state index is 0.0968. The molecule has 3 rings (SSSR count). The monoisotopic (exact) mass is 486 g/mol. The van der Waals surface area contributed by atoms with E-state index < -0.39 is 15.9 Å². The van der Waals surface area contributed by atoms with E-state index in [-0.39, 0.29) is 18.0 Å². The lowest BCUT2D eigenvalue weighted by Crippen LogP contribution is -2.37. The van der Waals surface area contributed by atoms with Gasteiger partial charge in [0.25, 0.3) is 0 Å². The number of benzene rings is 3. The lowest BCUT2D eigenvalue weighted by Gasteiger charge is -2.22. The zero-order chi connectivity index (χ0) is 21.7. The summed E-state index contributed by atoms with van der Waals surface area (Å²) in [6.07, 6.45) is 0. The summed E-state index contributed by atoms with van der Waals surface area (Å²) in [5, 5.41) is 2.81. The minimum atomic E-state index is -3.87. The largest absolute Gasteiger partial charge is 0.325 e. The average Bonchev–Trinajstić information content (AvgIpc) is 2.71. The van der Waals surface area contributed by atoms with Crippen LogP contribution in [0.15, 0.2) is 82.2 Å². The summed E-state index contributed by atoms with van der Waals surface area (Å²) in [6.45, 7) is 3.76. The molecule has 30 heavy (non-hydrogen) atoms. The Morgan fingerprint density at radius 3 is 2.23 bits per heavy atom. The Labute approximate surface area is 185 Å². The highest BCUT2D eigenvalue weighted by Gasteiger charge is 2.27. The number of amides is 1. The van der Waals surface area contributed by atoms with Gasteiger partial charge in [0.05, 0.1) is 11.4 Å². The molecule has 0 aromatic heterocycles. The maximum absolute atomic E-state index is 13.3. The van der Waals surface area contributed by atoms with Crippen LogP contribution in [0.5, 0.6) is 0 Å². The molecule has 0 saturated carbocycles. The molecule has 0 aliphatic rings. The summed E-state index contributed by atoms with van der Waals surface area (Å²) in [5.41, 5.74) is 3.62. The van der Waals surface area contributed by atoms with Crippen molar-refractivity contribution in [2.24, 2.45) is 0 Å². The first-order chi connectivity index (χ1) is 14.3. The van der Waals surface area contributed by atoms with Crippen molar-refractivity contribution in [2.45, 2.75) is 25.3 Å². The van der Waals surface area contributed by atoms with Crippen molar-refractivity contribution in [2.75, 3.05) is 11.9 Å². The second kappa shape index (κ2) is 9.55. The van der Waals surface area contributed by atoms with Crippen LogP contribution in [0.1, 0.15) is 16.7 Å². The molecule has 0 saturated heterocycles. The van der Waals surface area contributed by atoms with Crippen molar-refractivity contribution in [1.29, 1.82) is 0 Å². The van der Waals surface area contributed by atoms with Crippen molar-refractivity contribution in [3.05, 3.63) is 94.0 Å². The summed E-state index contributed by atoms with van der Waals surface area (Å²) in [5.74, 6) is -0.394. The molecular formula is C23H23BrN2O3S. The SMILES string of the molecule is Cc1ccc(NC(=O)CN(Cc2ccccc2)S(=O)(=O)c2ccc(Br)cc2)cc1C. The number of rotatable bonds is 7. The van der Waals surface area contributed by atoms with Crippen LogP contribution in [0.3, 0.4) is 0 Å². The van der Waals surface area contributed by atoms with Crippen LogP contribution < -0.4 is 5.32 Å². The summed E-state index contributed by atoms with van der Waals surface area (Å²) < 4.78 is 28.5. The predicted octanol–water partition coefficient (Wildman–Crippen LogP) is 4.90. The van der Waals surface area contributed by atoms with Gasteiger partial charge in [0.15, 0.2) is 0 Å². The van der Waals surface area contributed by atoms with Gasteiger partial charge in [0, 0.05) is 16.7 Å². The molecular weight excluding hydrogens is 464 g/mol. The molecule has 0 heterocycles. The van der Waals surface area contributed by atoms with Gasteiger partial charge in [-0.25, -0.2) is 8.42 Å². The van der Waals surface area contributed by atoms with E-state index in [1.54, 1.807) is 12.1 Å². The number of hydrogen-bond donors (Lipinski definition) is 1. The Balaban J connectivity index is 1.86. The number of halogens is 1. The first-order valence-corrected chi connectivity index (χ1v) is 11.7. The van der Waals surface area contributed by atoms with Gasteiger partial charge in [0.2, 0.25) is 15.9 Å². The van der Waals surface area contributed by atoms with E-state index in [0.717, 1.165) is 21.2 Å². The molecule has 0 aliphatic heterocycles. The number of aryl methyl sites for hydroxylation is 2. The molecule has 0 unspecified atom stereocenters. The molecule has 0 aliphatic carbocycles. The van der Waals surface area contributed by atoms with Gasteiger partial charge in [-0.3, -0.25) is 4.79 Å². The fraction of sp³-hybridized carbons (Fsp3) is 0.174. The van der Waals surface area contributed by atoms with Crippen molar-refractivity contribution >= 4 is 37.5 Å². The standard InChI is InChI=1S/C23H23BrN2O3S/c1-17-8-11-21(14-18(17)2)25-23(27)16-26(15-19-6-4-3-5-7-19)30(28,29)22-12-9-20(24)10-13-22/h3-14H,15-16H2,1-2H3,(H,25,27). The van der Waals surface area contributed by atoms with E-state index in [1.807, 2.05) is 62.4 Å². The summed E-state index contributed by atoms with van der Waals surface area (Å²) in [7, 11) is -3.87. The van der Waals surface area contributed by atoms with Crippen LogP contribution in [0.2, 0.25) is 0 Å². The molecule has 0 bridgehead atoms. The molecule has 5 nitrogen and oxygen atoms in total. The molecule has 3 aromatic carbocycles. The average molecular weight is 487 g/mol. The van der Waals surface area contributed by atoms with Gasteiger partial charge in [-0.2, -0.15) is 4.31 Å². The molecule has 7 heteroatoms. The number of hydrogen-bond acceptors (Lipinski definition) is 3. The Bertz CT molecular complexity index is 1130. The third-order valence-corrected chi connectivity index (χ3v) is 7.10. The molecule has 156 valence electrons. The van der Waals surface area contributed by atoms with Gasteiger partial charge in [-0.05, 0) is 66.9 Å². The maximum atomic E-state index is 13.3. The highest BCUT2D eigenvalue weighted by atomic mass is 79.9. The Kier molecular flexibility index (Phi) is 7.07. The number of anilines is 1. The predicted molar refractivity (Wildman–Crippen MR) is 123 cm³/mol. The molecule has 1 amide bonds. The molecule has 1 N–H and O–H groups in total. The molecule has 0 radical (unpaired) electrons. The van der Waals surface area contributed by atoms with Crippen molar-refractivity contribution in [1.82, 2.24) is 4.31 Å².